The number of piperidine rings is 1. The number of carbonyl (C=O) groups excluding carboxylic acids is 1. The van der Waals surface area contributed by atoms with Crippen LogP contribution in [0, 0.1) is 0 Å². The van der Waals surface area contributed by atoms with Crippen molar-refractivity contribution in [2.75, 3.05) is 13.1 Å². The second kappa shape index (κ2) is 9.17. The van der Waals surface area contributed by atoms with Gasteiger partial charge < -0.3 is 9.73 Å². The molecule has 0 bridgehead atoms. The number of oxazole rings is 1. The zero-order valence-corrected chi connectivity index (χ0v) is 16.7. The molecule has 28 heavy (non-hydrogen) atoms. The molecule has 0 radical (unpaired) electrons. The number of hydrogen-bond acceptors (Lipinski definition) is 5. The number of rotatable bonds is 7. The van der Waals surface area contributed by atoms with Gasteiger partial charge in [-0.1, -0.05) is 42.8 Å². The van der Waals surface area contributed by atoms with Crippen molar-refractivity contribution in [1.29, 1.82) is 0 Å². The lowest BCUT2D eigenvalue weighted by Crippen LogP contribution is -2.46. The van der Waals surface area contributed by atoms with Crippen molar-refractivity contribution in [3.05, 3.63) is 65.4 Å². The molecule has 4 rings (SSSR count). The fraction of sp³-hybridized carbons (Fsp3) is 0.364. The Bertz CT molecular complexity index is 876. The van der Waals surface area contributed by atoms with Crippen molar-refractivity contribution in [1.82, 2.24) is 15.2 Å². The summed E-state index contributed by atoms with van der Waals surface area (Å²) in [4.78, 5) is 20.3. The van der Waals surface area contributed by atoms with Crippen molar-refractivity contribution in [2.24, 2.45) is 0 Å². The van der Waals surface area contributed by atoms with E-state index in [9.17, 15) is 4.79 Å². The normalized spacial score (nSPS) is 17.5. The van der Waals surface area contributed by atoms with Crippen molar-refractivity contribution in [3.63, 3.8) is 0 Å². The summed E-state index contributed by atoms with van der Waals surface area (Å²) in [6, 6.07) is 14.9. The molecule has 0 aliphatic carbocycles. The van der Waals surface area contributed by atoms with E-state index in [0.29, 0.717) is 24.2 Å². The molecule has 1 amide bonds. The predicted octanol–water partition coefficient (Wildman–Crippen LogP) is 4.12. The highest BCUT2D eigenvalue weighted by atomic mass is 32.1. The Morgan fingerprint density at radius 1 is 1.21 bits per heavy atom. The van der Waals surface area contributed by atoms with Crippen LogP contribution in [-0.2, 0) is 17.8 Å². The Kier molecular flexibility index (Phi) is 6.19. The van der Waals surface area contributed by atoms with Gasteiger partial charge in [0.05, 0.1) is 17.0 Å². The first-order chi connectivity index (χ1) is 13.8. The van der Waals surface area contributed by atoms with Gasteiger partial charge in [-0.2, -0.15) is 0 Å². The van der Waals surface area contributed by atoms with Gasteiger partial charge in [-0.25, -0.2) is 4.98 Å². The molecular formula is C22H25N3O2S. The zero-order chi connectivity index (χ0) is 19.2. The number of thiophene rings is 1. The fourth-order valence-electron chi connectivity index (χ4n) is 3.68. The molecule has 5 nitrogen and oxygen atoms in total. The Hall–Kier alpha value is -2.44. The van der Waals surface area contributed by atoms with Gasteiger partial charge in [0, 0.05) is 19.1 Å². The molecule has 3 aromatic rings. The third kappa shape index (κ3) is 4.88. The van der Waals surface area contributed by atoms with Crippen LogP contribution in [0.2, 0.25) is 0 Å². The van der Waals surface area contributed by atoms with E-state index in [1.54, 1.807) is 17.6 Å². The average Bonchev–Trinajstić information content (AvgIpc) is 3.40. The lowest BCUT2D eigenvalue weighted by Gasteiger charge is -2.35. The molecule has 0 spiro atoms. The Balaban J connectivity index is 1.29. The molecule has 2 aromatic heterocycles. The fourth-order valence-corrected chi connectivity index (χ4v) is 4.33. The average molecular weight is 396 g/mol. The number of nitrogens with zero attached hydrogens (tertiary/aromatic N) is 2. The molecule has 1 aliphatic rings. The molecule has 1 atom stereocenters. The van der Waals surface area contributed by atoms with Gasteiger partial charge in [-0.05, 0) is 36.4 Å². The lowest BCUT2D eigenvalue weighted by molar-refractivity contribution is -0.120. The van der Waals surface area contributed by atoms with Crippen LogP contribution in [0.5, 0.6) is 0 Å². The molecule has 0 saturated carbocycles. The summed E-state index contributed by atoms with van der Waals surface area (Å²) >= 11 is 1.58. The number of hydrogen-bond donors (Lipinski definition) is 1. The van der Waals surface area contributed by atoms with E-state index in [1.165, 1.54) is 18.4 Å². The van der Waals surface area contributed by atoms with Crippen LogP contribution in [-0.4, -0.2) is 34.9 Å². The van der Waals surface area contributed by atoms with Crippen molar-refractivity contribution in [2.45, 2.75) is 38.3 Å². The summed E-state index contributed by atoms with van der Waals surface area (Å²) < 4.78 is 5.50. The van der Waals surface area contributed by atoms with Gasteiger partial charge in [0.25, 0.3) is 0 Å². The van der Waals surface area contributed by atoms with E-state index in [1.807, 2.05) is 23.6 Å². The predicted molar refractivity (Wildman–Crippen MR) is 111 cm³/mol. The molecule has 1 unspecified atom stereocenters. The molecule has 1 N–H and O–H groups in total. The maximum atomic E-state index is 12.4. The summed E-state index contributed by atoms with van der Waals surface area (Å²) in [5.41, 5.74) is 2.00. The Morgan fingerprint density at radius 3 is 2.93 bits per heavy atom. The summed E-state index contributed by atoms with van der Waals surface area (Å²) in [6.07, 6.45) is 5.40. The summed E-state index contributed by atoms with van der Waals surface area (Å²) in [7, 11) is 0. The lowest BCUT2D eigenvalue weighted by atomic mass is 10.0. The molecule has 1 saturated heterocycles. The second-order valence-corrected chi connectivity index (χ2v) is 8.16. The summed E-state index contributed by atoms with van der Waals surface area (Å²) in [6.45, 7) is 2.71. The number of aromatic nitrogens is 1. The highest BCUT2D eigenvalue weighted by Gasteiger charge is 2.23. The maximum Gasteiger partial charge on any atom is 0.236 e. The number of benzene rings is 1. The van der Waals surface area contributed by atoms with E-state index < -0.39 is 0 Å². The van der Waals surface area contributed by atoms with Gasteiger partial charge in [-0.3, -0.25) is 9.69 Å². The van der Waals surface area contributed by atoms with Gasteiger partial charge in [0.1, 0.15) is 6.26 Å². The number of carbonyl (C=O) groups is 1. The van der Waals surface area contributed by atoms with Crippen LogP contribution < -0.4 is 5.32 Å². The number of nitrogens with one attached hydrogen (secondary N) is 1. The van der Waals surface area contributed by atoms with E-state index in [0.717, 1.165) is 24.4 Å². The van der Waals surface area contributed by atoms with Crippen LogP contribution in [0.15, 0.2) is 58.5 Å². The van der Waals surface area contributed by atoms with Crippen LogP contribution in [0.4, 0.5) is 0 Å². The third-order valence-corrected chi connectivity index (χ3v) is 6.00. The number of amides is 1. The zero-order valence-electron chi connectivity index (χ0n) is 15.8. The monoisotopic (exact) mass is 395 g/mol. The quantitative estimate of drug-likeness (QED) is 0.654. The first kappa shape index (κ1) is 18.9. The maximum absolute atomic E-state index is 12.4. The molecule has 146 valence electrons. The Labute approximate surface area is 169 Å². The van der Waals surface area contributed by atoms with Gasteiger partial charge in [-0.15, -0.1) is 11.3 Å². The highest BCUT2D eigenvalue weighted by molar-refractivity contribution is 7.13. The van der Waals surface area contributed by atoms with Crippen molar-refractivity contribution >= 4 is 17.2 Å². The first-order valence-corrected chi connectivity index (χ1v) is 10.7. The number of likely N-dealkylation sites (tertiary alicyclic amines) is 1. The third-order valence-electron chi connectivity index (χ3n) is 5.14. The van der Waals surface area contributed by atoms with E-state index in [-0.39, 0.29) is 12.3 Å². The van der Waals surface area contributed by atoms with E-state index >= 15 is 0 Å². The molecule has 1 fully saturated rings. The van der Waals surface area contributed by atoms with Crippen LogP contribution in [0.1, 0.15) is 30.5 Å². The molecule has 1 aliphatic heterocycles. The second-order valence-electron chi connectivity index (χ2n) is 7.21. The van der Waals surface area contributed by atoms with Gasteiger partial charge >= 0.3 is 0 Å². The SMILES string of the molecule is O=C(Cc1coc(-c2cccs2)n1)NCC1CCCCN1Cc1ccccc1. The van der Waals surface area contributed by atoms with Crippen LogP contribution >= 0.6 is 11.3 Å². The first-order valence-electron chi connectivity index (χ1n) is 9.81. The van der Waals surface area contributed by atoms with Crippen LogP contribution in [0.3, 0.4) is 0 Å². The Morgan fingerprint density at radius 2 is 2.11 bits per heavy atom. The van der Waals surface area contributed by atoms with Crippen molar-refractivity contribution in [3.8, 4) is 10.8 Å². The standard InChI is InChI=1S/C22H25N3O2S/c26-21(13-18-16-27-22(24-18)20-10-6-12-28-20)23-14-19-9-4-5-11-25(19)15-17-7-2-1-3-8-17/h1-3,6-8,10,12,16,19H,4-5,9,11,13-15H2,(H,23,26). The van der Waals surface area contributed by atoms with Crippen molar-refractivity contribution < 1.29 is 9.21 Å². The van der Waals surface area contributed by atoms with Crippen LogP contribution in [0.25, 0.3) is 10.8 Å². The minimum atomic E-state index is -0.00346. The van der Waals surface area contributed by atoms with Gasteiger partial charge in [0.2, 0.25) is 11.8 Å². The molecule has 1 aromatic carbocycles. The molecule has 3 heterocycles. The highest BCUT2D eigenvalue weighted by Crippen LogP contribution is 2.24. The van der Waals surface area contributed by atoms with Gasteiger partial charge in [0.15, 0.2) is 0 Å². The smallest absolute Gasteiger partial charge is 0.236 e. The summed E-state index contributed by atoms with van der Waals surface area (Å²) in [5.74, 6) is 0.579. The topological polar surface area (TPSA) is 58.4 Å². The van der Waals surface area contributed by atoms with E-state index in [2.05, 4.69) is 39.5 Å². The van der Waals surface area contributed by atoms with E-state index in [4.69, 9.17) is 4.42 Å². The minimum Gasteiger partial charge on any atom is -0.444 e. The minimum absolute atomic E-state index is 0.00346. The largest absolute Gasteiger partial charge is 0.444 e. The molecular weight excluding hydrogens is 370 g/mol. The summed E-state index contributed by atoms with van der Waals surface area (Å²) in [5, 5.41) is 5.08. The molecule has 6 heteroatoms.